The minimum absolute atomic E-state index is 0.0446. The van der Waals surface area contributed by atoms with Gasteiger partial charge < -0.3 is 14.2 Å². The number of ether oxygens (including phenoxy) is 1. The molecule has 7 heteroatoms. The first-order chi connectivity index (χ1) is 13.2. The van der Waals surface area contributed by atoms with Gasteiger partial charge in [0.1, 0.15) is 5.75 Å². The van der Waals surface area contributed by atoms with Crippen molar-refractivity contribution in [3.05, 3.63) is 66.6 Å². The Balaban J connectivity index is 1.49. The minimum atomic E-state index is -0.0446. The fourth-order valence-electron chi connectivity index (χ4n) is 3.33. The Hall–Kier alpha value is -3.22. The summed E-state index contributed by atoms with van der Waals surface area (Å²) in [5.41, 5.74) is 0.848. The second-order valence-electron chi connectivity index (χ2n) is 6.65. The Kier molecular flexibility index (Phi) is 4.82. The van der Waals surface area contributed by atoms with Crippen molar-refractivity contribution >= 4 is 5.91 Å². The summed E-state index contributed by atoms with van der Waals surface area (Å²) in [6.07, 6.45) is 8.68. The van der Waals surface area contributed by atoms with Gasteiger partial charge in [-0.25, -0.2) is 9.97 Å². The molecule has 0 saturated carbocycles. The quantitative estimate of drug-likeness (QED) is 0.712. The summed E-state index contributed by atoms with van der Waals surface area (Å²) in [5, 5.41) is 0. The molecule has 1 amide bonds. The topological polar surface area (TPSA) is 73.1 Å². The molecule has 1 atom stereocenters. The first-order valence-corrected chi connectivity index (χ1v) is 9.02. The number of imidazole rings is 1. The Morgan fingerprint density at radius 1 is 1.22 bits per heavy atom. The molecular formula is C20H21N5O2. The number of hydrogen-bond donors (Lipinski definition) is 0. The predicted octanol–water partition coefficient (Wildman–Crippen LogP) is 3.02. The first-order valence-electron chi connectivity index (χ1n) is 9.02. The maximum Gasteiger partial charge on any atom is 0.289 e. The van der Waals surface area contributed by atoms with E-state index in [-0.39, 0.29) is 11.8 Å². The molecule has 1 aromatic carbocycles. The fraction of sp³-hybridized carbons (Fsp3) is 0.300. The maximum absolute atomic E-state index is 12.7. The second-order valence-corrected chi connectivity index (χ2v) is 6.65. The molecule has 138 valence electrons. The van der Waals surface area contributed by atoms with Crippen LogP contribution in [0.2, 0.25) is 0 Å². The lowest BCUT2D eigenvalue weighted by Crippen LogP contribution is -2.40. The van der Waals surface area contributed by atoms with Crippen LogP contribution in [0.4, 0.5) is 0 Å². The smallest absolute Gasteiger partial charge is 0.289 e. The zero-order chi connectivity index (χ0) is 18.6. The van der Waals surface area contributed by atoms with E-state index in [0.717, 1.165) is 30.8 Å². The third-order valence-corrected chi connectivity index (χ3v) is 4.74. The summed E-state index contributed by atoms with van der Waals surface area (Å²) in [5.74, 6) is 1.74. The van der Waals surface area contributed by atoms with Crippen LogP contribution in [-0.4, -0.2) is 43.4 Å². The van der Waals surface area contributed by atoms with Crippen LogP contribution in [-0.2, 0) is 7.05 Å². The monoisotopic (exact) mass is 363 g/mol. The van der Waals surface area contributed by atoms with E-state index in [4.69, 9.17) is 4.74 Å². The number of aromatic nitrogens is 4. The average molecular weight is 363 g/mol. The van der Waals surface area contributed by atoms with Crippen LogP contribution < -0.4 is 4.74 Å². The van der Waals surface area contributed by atoms with Gasteiger partial charge >= 0.3 is 0 Å². The van der Waals surface area contributed by atoms with Gasteiger partial charge in [0.25, 0.3) is 5.91 Å². The number of rotatable bonds is 4. The lowest BCUT2D eigenvalue weighted by molar-refractivity contribution is 0.0689. The Morgan fingerprint density at radius 3 is 2.85 bits per heavy atom. The van der Waals surface area contributed by atoms with Gasteiger partial charge in [-0.2, -0.15) is 0 Å². The zero-order valence-corrected chi connectivity index (χ0v) is 15.2. The van der Waals surface area contributed by atoms with E-state index < -0.39 is 0 Å². The van der Waals surface area contributed by atoms with Crippen molar-refractivity contribution in [3.8, 4) is 11.6 Å². The normalized spacial score (nSPS) is 16.9. The number of benzene rings is 1. The molecule has 1 aliphatic rings. The summed E-state index contributed by atoms with van der Waals surface area (Å²) in [6, 6.07) is 9.51. The van der Waals surface area contributed by atoms with Gasteiger partial charge in [0.2, 0.25) is 5.88 Å². The Labute approximate surface area is 157 Å². The highest BCUT2D eigenvalue weighted by Gasteiger charge is 2.28. The van der Waals surface area contributed by atoms with E-state index in [1.165, 1.54) is 0 Å². The number of nitrogens with zero attached hydrogens (tertiary/aromatic N) is 5. The van der Waals surface area contributed by atoms with Crippen LogP contribution in [0.5, 0.6) is 11.6 Å². The molecule has 0 spiro atoms. The van der Waals surface area contributed by atoms with Gasteiger partial charge in [-0.3, -0.25) is 9.78 Å². The molecule has 1 saturated heterocycles. The molecule has 27 heavy (non-hydrogen) atoms. The van der Waals surface area contributed by atoms with E-state index in [9.17, 15) is 4.79 Å². The van der Waals surface area contributed by atoms with E-state index >= 15 is 0 Å². The van der Waals surface area contributed by atoms with Gasteiger partial charge in [0.05, 0.1) is 11.9 Å². The molecule has 1 fully saturated rings. The van der Waals surface area contributed by atoms with Gasteiger partial charge in [0, 0.05) is 44.6 Å². The number of hydrogen-bond acceptors (Lipinski definition) is 5. The molecule has 7 nitrogen and oxygen atoms in total. The van der Waals surface area contributed by atoms with Gasteiger partial charge in [0.15, 0.2) is 5.82 Å². The molecule has 1 aliphatic heterocycles. The lowest BCUT2D eigenvalue weighted by atomic mass is 9.95. The van der Waals surface area contributed by atoms with Crippen LogP contribution in [0.15, 0.2) is 55.1 Å². The molecule has 3 heterocycles. The van der Waals surface area contributed by atoms with E-state index in [1.807, 2.05) is 42.3 Å². The third-order valence-electron chi connectivity index (χ3n) is 4.74. The van der Waals surface area contributed by atoms with Crippen molar-refractivity contribution in [2.45, 2.75) is 18.8 Å². The molecule has 0 aliphatic carbocycles. The molecule has 2 aromatic heterocycles. The summed E-state index contributed by atoms with van der Waals surface area (Å²) >= 11 is 0. The number of para-hydroxylation sites is 1. The third kappa shape index (κ3) is 3.81. The SMILES string of the molecule is Cn1ccnc1C(=O)N1CCCC(c2cncc(Oc3ccccc3)n2)C1. The number of amides is 1. The van der Waals surface area contributed by atoms with Crippen molar-refractivity contribution in [2.24, 2.45) is 7.05 Å². The average Bonchev–Trinajstić information content (AvgIpc) is 3.14. The van der Waals surface area contributed by atoms with E-state index in [2.05, 4.69) is 15.0 Å². The van der Waals surface area contributed by atoms with Crippen LogP contribution in [0.1, 0.15) is 35.1 Å². The van der Waals surface area contributed by atoms with Crippen LogP contribution >= 0.6 is 0 Å². The first kappa shape index (κ1) is 17.2. The largest absolute Gasteiger partial charge is 0.437 e. The molecule has 3 aromatic rings. The molecular weight excluding hydrogens is 342 g/mol. The number of likely N-dealkylation sites (tertiary alicyclic amines) is 1. The fourth-order valence-corrected chi connectivity index (χ4v) is 3.33. The predicted molar refractivity (Wildman–Crippen MR) is 99.6 cm³/mol. The van der Waals surface area contributed by atoms with Crippen molar-refractivity contribution in [1.29, 1.82) is 0 Å². The Morgan fingerprint density at radius 2 is 2.07 bits per heavy atom. The van der Waals surface area contributed by atoms with E-state index in [1.54, 1.807) is 29.4 Å². The summed E-state index contributed by atoms with van der Waals surface area (Å²) in [4.78, 5) is 27.7. The lowest BCUT2D eigenvalue weighted by Gasteiger charge is -2.32. The zero-order valence-electron chi connectivity index (χ0n) is 15.2. The highest BCUT2D eigenvalue weighted by atomic mass is 16.5. The number of aryl methyl sites for hydroxylation is 1. The van der Waals surface area contributed by atoms with Gasteiger partial charge in [-0.1, -0.05) is 18.2 Å². The Bertz CT molecular complexity index is 925. The second kappa shape index (κ2) is 7.57. The molecule has 0 N–H and O–H groups in total. The summed E-state index contributed by atoms with van der Waals surface area (Å²) in [6.45, 7) is 1.34. The van der Waals surface area contributed by atoms with Crippen molar-refractivity contribution in [2.75, 3.05) is 13.1 Å². The summed E-state index contributed by atoms with van der Waals surface area (Å²) in [7, 11) is 1.83. The molecule has 1 unspecified atom stereocenters. The molecule has 0 bridgehead atoms. The highest BCUT2D eigenvalue weighted by molar-refractivity contribution is 5.90. The minimum Gasteiger partial charge on any atom is -0.437 e. The highest BCUT2D eigenvalue weighted by Crippen LogP contribution is 2.28. The van der Waals surface area contributed by atoms with Crippen molar-refractivity contribution in [3.63, 3.8) is 0 Å². The molecule has 4 rings (SSSR count). The van der Waals surface area contributed by atoms with E-state index in [0.29, 0.717) is 18.2 Å². The van der Waals surface area contributed by atoms with Gasteiger partial charge in [-0.05, 0) is 25.0 Å². The van der Waals surface area contributed by atoms with Crippen LogP contribution in [0.3, 0.4) is 0 Å². The number of carbonyl (C=O) groups is 1. The maximum atomic E-state index is 12.7. The molecule has 0 radical (unpaired) electrons. The number of piperidine rings is 1. The summed E-state index contributed by atoms with van der Waals surface area (Å²) < 4.78 is 7.54. The van der Waals surface area contributed by atoms with Crippen molar-refractivity contribution in [1.82, 2.24) is 24.4 Å². The van der Waals surface area contributed by atoms with Crippen LogP contribution in [0.25, 0.3) is 0 Å². The van der Waals surface area contributed by atoms with Crippen LogP contribution in [0, 0.1) is 0 Å². The number of carbonyl (C=O) groups excluding carboxylic acids is 1. The van der Waals surface area contributed by atoms with Gasteiger partial charge in [-0.15, -0.1) is 0 Å². The standard InChI is InChI=1S/C20H21N5O2/c1-24-11-9-22-19(24)20(26)25-10-5-6-15(14-25)17-12-21-13-18(23-17)27-16-7-3-2-4-8-16/h2-4,7-9,11-13,15H,5-6,10,14H2,1H3. The van der Waals surface area contributed by atoms with Crippen molar-refractivity contribution < 1.29 is 9.53 Å².